The Balaban J connectivity index is 4.23. The second-order valence-corrected chi connectivity index (χ2v) is 2.57. The zero-order valence-electron chi connectivity index (χ0n) is 6.17. The Morgan fingerprint density at radius 3 is 2.55 bits per heavy atom. The molecular formula is C3H7NO6S. The molecule has 0 amide bonds. The molecule has 4 N–H and O–H groups in total. The van der Waals surface area contributed by atoms with Gasteiger partial charge in [0.25, 0.3) is 0 Å². The summed E-state index contributed by atoms with van der Waals surface area (Å²) in [5, 5.41) is 8.15. The Hall–Kier alpha value is -0.700. The molecule has 0 rings (SSSR count). The van der Waals surface area contributed by atoms with E-state index in [-0.39, 0.29) is 0 Å². The summed E-state index contributed by atoms with van der Waals surface area (Å²) >= 11 is 0. The molecule has 0 radical (unpaired) electrons. The molecular weight excluding hydrogens is 178 g/mol. The van der Waals surface area contributed by atoms with Crippen molar-refractivity contribution in [1.82, 2.24) is 0 Å². The third kappa shape index (κ3) is 5.73. The summed E-state index contributed by atoms with van der Waals surface area (Å²) < 4.78 is 38.1. The van der Waals surface area contributed by atoms with Crippen LogP contribution in [0.25, 0.3) is 0 Å². The summed E-state index contributed by atoms with van der Waals surface area (Å²) in [7, 11) is -4.83. The minimum atomic E-state index is -4.83. The van der Waals surface area contributed by atoms with Crippen molar-refractivity contribution in [2.75, 3.05) is 6.58 Å². The molecule has 11 heavy (non-hydrogen) atoms. The van der Waals surface area contributed by atoms with Gasteiger partial charge in [-0.1, -0.05) is 0 Å². The molecule has 2 atom stereocenters. The van der Waals surface area contributed by atoms with Gasteiger partial charge in [-0.2, -0.15) is 8.42 Å². The van der Waals surface area contributed by atoms with Crippen molar-refractivity contribution >= 4 is 16.4 Å². The molecule has 0 aromatic rings. The molecule has 0 bridgehead atoms. The third-order valence-electron chi connectivity index (χ3n) is 0.609. The molecule has 0 aliphatic heterocycles. The topological polar surface area (TPSA) is 127 Å². The molecule has 0 saturated heterocycles. The fraction of sp³-hybridized carbons (Fsp3) is 0.667. The first-order valence-electron chi connectivity index (χ1n) is 2.88. The van der Waals surface area contributed by atoms with E-state index in [4.69, 9.17) is 16.8 Å². The predicted molar refractivity (Wildman–Crippen MR) is 33.1 cm³/mol. The van der Waals surface area contributed by atoms with Crippen molar-refractivity contribution in [3.05, 3.63) is 0 Å². The molecule has 0 spiro atoms. The molecule has 0 aliphatic rings. The van der Waals surface area contributed by atoms with E-state index in [2.05, 4.69) is 4.18 Å². The van der Waals surface area contributed by atoms with Gasteiger partial charge in [0.2, 0.25) is 0 Å². The summed E-state index contributed by atoms with van der Waals surface area (Å²) in [5.41, 5.74) is 4.78. The highest BCUT2D eigenvalue weighted by molar-refractivity contribution is 7.80. The van der Waals surface area contributed by atoms with Gasteiger partial charge in [0.15, 0.2) is 0 Å². The van der Waals surface area contributed by atoms with Gasteiger partial charge in [-0.3, -0.25) is 9.35 Å². The highest BCUT2D eigenvalue weighted by atomic mass is 32.3. The minimum Gasteiger partial charge on any atom is -0.480 e. The van der Waals surface area contributed by atoms with Gasteiger partial charge >= 0.3 is 16.4 Å². The first-order valence-corrected chi connectivity index (χ1v) is 3.67. The molecule has 0 aliphatic carbocycles. The standard InChI is InChI=1S/C3H7NO6S/c4-2(3(5)6)1-10-11(7,8)9/h2H,1,4H2,(H,5,6)(H,7,8,9)/t2-/m1/s1/i1D/t1?,2-. The summed E-state index contributed by atoms with van der Waals surface area (Å²) in [6, 6.07) is -1.83. The van der Waals surface area contributed by atoms with Crippen LogP contribution < -0.4 is 5.73 Å². The van der Waals surface area contributed by atoms with Crippen LogP contribution in [0.15, 0.2) is 0 Å². The second-order valence-electron chi connectivity index (χ2n) is 1.52. The van der Waals surface area contributed by atoms with Crippen LogP contribution in [0.4, 0.5) is 0 Å². The molecule has 0 saturated carbocycles. The Bertz CT molecular complexity index is 262. The second kappa shape index (κ2) is 3.62. The lowest BCUT2D eigenvalue weighted by Gasteiger charge is -2.03. The average molecular weight is 186 g/mol. The van der Waals surface area contributed by atoms with E-state index in [0.29, 0.717) is 0 Å². The van der Waals surface area contributed by atoms with Crippen LogP contribution in [0.2, 0.25) is 0 Å². The fourth-order valence-corrected chi connectivity index (χ4v) is 0.448. The first-order chi connectivity index (χ1) is 5.24. The zero-order chi connectivity index (χ0) is 9.94. The summed E-state index contributed by atoms with van der Waals surface area (Å²) in [4.78, 5) is 10.0. The van der Waals surface area contributed by atoms with Crippen LogP contribution >= 0.6 is 0 Å². The van der Waals surface area contributed by atoms with E-state index >= 15 is 0 Å². The smallest absolute Gasteiger partial charge is 0.397 e. The van der Waals surface area contributed by atoms with Crippen LogP contribution in [0, 0.1) is 0 Å². The summed E-state index contributed by atoms with van der Waals surface area (Å²) in [6.45, 7) is -2.06. The van der Waals surface area contributed by atoms with Crippen LogP contribution in [-0.4, -0.2) is 36.7 Å². The largest absolute Gasteiger partial charge is 0.480 e. The van der Waals surface area contributed by atoms with Gasteiger partial charge in [-0.05, 0) is 0 Å². The number of carbonyl (C=O) groups is 1. The average Bonchev–Trinajstić information content (AvgIpc) is 1.82. The number of nitrogens with two attached hydrogens (primary N) is 1. The van der Waals surface area contributed by atoms with E-state index < -0.39 is 29.0 Å². The molecule has 0 fully saturated rings. The third-order valence-corrected chi connectivity index (χ3v) is 0.963. The van der Waals surface area contributed by atoms with Crippen molar-refractivity contribution in [1.29, 1.82) is 0 Å². The van der Waals surface area contributed by atoms with Gasteiger partial charge in [0.05, 0.1) is 7.95 Å². The highest BCUT2D eigenvalue weighted by Crippen LogP contribution is 1.88. The van der Waals surface area contributed by atoms with Crippen LogP contribution in [0.3, 0.4) is 0 Å². The maximum atomic E-state index is 10.0. The highest BCUT2D eigenvalue weighted by Gasteiger charge is 2.15. The zero-order valence-corrected chi connectivity index (χ0v) is 5.98. The van der Waals surface area contributed by atoms with Crippen molar-refractivity contribution in [2.45, 2.75) is 6.04 Å². The van der Waals surface area contributed by atoms with Gasteiger partial charge < -0.3 is 10.8 Å². The van der Waals surface area contributed by atoms with E-state index in [1.807, 2.05) is 0 Å². The molecule has 0 aromatic heterocycles. The molecule has 0 heterocycles. The number of carboxylic acids is 1. The fourth-order valence-electron chi connectivity index (χ4n) is 0.188. The van der Waals surface area contributed by atoms with Crippen molar-refractivity contribution < 1.29 is 28.4 Å². The quantitative estimate of drug-likeness (QED) is 0.443. The maximum absolute atomic E-state index is 10.0. The summed E-state index contributed by atoms with van der Waals surface area (Å²) in [6.07, 6.45) is 0. The van der Waals surface area contributed by atoms with Crippen LogP contribution in [0.5, 0.6) is 0 Å². The SMILES string of the molecule is [2H]C(OS(=O)(=O)O)[C@@H](N)C(=O)O. The predicted octanol–water partition coefficient (Wildman–Crippen LogP) is -1.78. The van der Waals surface area contributed by atoms with Crippen molar-refractivity contribution in [3.8, 4) is 0 Å². The number of hydrogen-bond donors (Lipinski definition) is 3. The van der Waals surface area contributed by atoms with Crippen LogP contribution in [0.1, 0.15) is 1.37 Å². The Labute approximate surface area is 64.1 Å². The Kier molecular flexibility index (Phi) is 2.76. The lowest BCUT2D eigenvalue weighted by atomic mass is 10.3. The first kappa shape index (κ1) is 8.40. The molecule has 8 heteroatoms. The molecule has 7 nitrogen and oxygen atoms in total. The van der Waals surface area contributed by atoms with Crippen LogP contribution in [-0.2, 0) is 19.4 Å². The number of carboxylic acid groups (broad SMARTS) is 1. The van der Waals surface area contributed by atoms with Gasteiger partial charge in [0.1, 0.15) is 6.04 Å². The number of rotatable bonds is 4. The van der Waals surface area contributed by atoms with Gasteiger partial charge in [0, 0.05) is 0 Å². The van der Waals surface area contributed by atoms with Gasteiger partial charge in [-0.15, -0.1) is 0 Å². The summed E-state index contributed by atoms with van der Waals surface area (Å²) in [5.74, 6) is -1.60. The monoisotopic (exact) mass is 186 g/mol. The van der Waals surface area contributed by atoms with Gasteiger partial charge in [-0.25, -0.2) is 4.18 Å². The molecule has 66 valence electrons. The van der Waals surface area contributed by atoms with E-state index in [1.165, 1.54) is 0 Å². The number of hydrogen-bond acceptors (Lipinski definition) is 5. The van der Waals surface area contributed by atoms with E-state index in [1.54, 1.807) is 0 Å². The minimum absolute atomic E-state index is 1.60. The normalized spacial score (nSPS) is 18.5. The van der Waals surface area contributed by atoms with Crippen molar-refractivity contribution in [3.63, 3.8) is 0 Å². The lowest BCUT2D eigenvalue weighted by molar-refractivity contribution is -0.139. The lowest BCUT2D eigenvalue weighted by Crippen LogP contribution is -2.35. The maximum Gasteiger partial charge on any atom is 0.397 e. The number of aliphatic carboxylic acids is 1. The van der Waals surface area contributed by atoms with E-state index in [0.717, 1.165) is 0 Å². The molecule has 1 unspecified atom stereocenters. The van der Waals surface area contributed by atoms with E-state index in [9.17, 15) is 13.2 Å². The Morgan fingerprint density at radius 2 is 2.27 bits per heavy atom. The van der Waals surface area contributed by atoms with Crippen molar-refractivity contribution in [2.24, 2.45) is 5.73 Å². The molecule has 0 aromatic carbocycles. The Morgan fingerprint density at radius 1 is 1.82 bits per heavy atom.